The molecule has 4 heterocycles. The Balaban J connectivity index is 1.38. The van der Waals surface area contributed by atoms with Crippen molar-refractivity contribution < 1.29 is 9.21 Å². The first-order valence-corrected chi connectivity index (χ1v) is 10.9. The molecule has 1 aromatic carbocycles. The predicted molar refractivity (Wildman–Crippen MR) is 124 cm³/mol. The number of aromatic nitrogens is 1. The number of anilines is 2. The van der Waals surface area contributed by atoms with Crippen LogP contribution in [-0.2, 0) is 13.1 Å². The minimum atomic E-state index is -0.495. The fourth-order valence-electron chi connectivity index (χ4n) is 4.31. The maximum Gasteiger partial charge on any atom is 0.317 e. The Labute approximate surface area is 186 Å². The van der Waals surface area contributed by atoms with Crippen LogP contribution in [0.4, 0.5) is 16.3 Å². The van der Waals surface area contributed by atoms with E-state index in [-0.39, 0.29) is 6.03 Å². The SMILES string of the molecule is O=C(NCc1ccco1)N1CCC[C@]2(C1)Nc1cccnc1NC2=NCc1ccccc1. The molecule has 2 aliphatic rings. The molecule has 5 rings (SSSR count). The van der Waals surface area contributed by atoms with Crippen LogP contribution in [0.15, 0.2) is 76.5 Å². The van der Waals surface area contributed by atoms with Crippen LogP contribution in [0.25, 0.3) is 0 Å². The number of nitrogens with one attached hydrogen (secondary N) is 3. The summed E-state index contributed by atoms with van der Waals surface area (Å²) < 4.78 is 5.33. The Morgan fingerprint density at radius 2 is 2.09 bits per heavy atom. The molecule has 2 aromatic heterocycles. The molecule has 32 heavy (non-hydrogen) atoms. The number of pyridine rings is 1. The summed E-state index contributed by atoms with van der Waals surface area (Å²) in [6, 6.07) is 17.6. The summed E-state index contributed by atoms with van der Waals surface area (Å²) in [5.74, 6) is 2.30. The number of carbonyl (C=O) groups is 1. The first kappa shape index (κ1) is 20.1. The number of furan rings is 1. The van der Waals surface area contributed by atoms with E-state index < -0.39 is 5.54 Å². The minimum Gasteiger partial charge on any atom is -0.467 e. The van der Waals surface area contributed by atoms with Crippen LogP contribution in [0.3, 0.4) is 0 Å². The Morgan fingerprint density at radius 3 is 2.94 bits per heavy atom. The zero-order chi connectivity index (χ0) is 21.8. The van der Waals surface area contributed by atoms with Crippen molar-refractivity contribution in [3.63, 3.8) is 0 Å². The van der Waals surface area contributed by atoms with E-state index in [0.29, 0.717) is 26.2 Å². The number of piperidine rings is 1. The van der Waals surface area contributed by atoms with Gasteiger partial charge in [0.15, 0.2) is 5.82 Å². The number of aliphatic imine (C=N–C) groups is 1. The van der Waals surface area contributed by atoms with E-state index in [9.17, 15) is 4.79 Å². The lowest BCUT2D eigenvalue weighted by Gasteiger charge is -2.46. The van der Waals surface area contributed by atoms with Crippen molar-refractivity contribution in [3.05, 3.63) is 78.4 Å². The summed E-state index contributed by atoms with van der Waals surface area (Å²) in [6.07, 6.45) is 5.10. The summed E-state index contributed by atoms with van der Waals surface area (Å²) in [4.78, 5) is 24.2. The van der Waals surface area contributed by atoms with Crippen molar-refractivity contribution in [1.29, 1.82) is 0 Å². The zero-order valence-electron chi connectivity index (χ0n) is 17.8. The number of likely N-dealkylation sites (tertiary alicyclic amines) is 1. The summed E-state index contributed by atoms with van der Waals surface area (Å²) in [6.45, 7) is 2.12. The molecule has 1 spiro atoms. The van der Waals surface area contributed by atoms with Gasteiger partial charge in [-0.15, -0.1) is 0 Å². The minimum absolute atomic E-state index is 0.110. The molecule has 3 N–H and O–H groups in total. The molecule has 1 atom stereocenters. The van der Waals surface area contributed by atoms with Crippen molar-refractivity contribution in [2.75, 3.05) is 23.7 Å². The number of benzene rings is 1. The highest BCUT2D eigenvalue weighted by Gasteiger charge is 2.44. The van der Waals surface area contributed by atoms with Gasteiger partial charge in [-0.1, -0.05) is 30.3 Å². The number of rotatable bonds is 4. The van der Waals surface area contributed by atoms with Gasteiger partial charge in [0.25, 0.3) is 0 Å². The second-order valence-electron chi connectivity index (χ2n) is 8.15. The molecule has 1 saturated heterocycles. The van der Waals surface area contributed by atoms with E-state index >= 15 is 0 Å². The summed E-state index contributed by atoms with van der Waals surface area (Å²) in [5, 5.41) is 10.1. The average Bonchev–Trinajstić information content (AvgIpc) is 3.36. The summed E-state index contributed by atoms with van der Waals surface area (Å²) in [7, 11) is 0. The van der Waals surface area contributed by atoms with Gasteiger partial charge in [-0.05, 0) is 42.7 Å². The smallest absolute Gasteiger partial charge is 0.317 e. The quantitative estimate of drug-likeness (QED) is 0.584. The van der Waals surface area contributed by atoms with Gasteiger partial charge in [-0.2, -0.15) is 0 Å². The van der Waals surface area contributed by atoms with Gasteiger partial charge >= 0.3 is 6.03 Å². The Kier molecular flexibility index (Phi) is 5.49. The molecule has 0 radical (unpaired) electrons. The van der Waals surface area contributed by atoms with Gasteiger partial charge in [-0.3, -0.25) is 4.99 Å². The molecule has 0 bridgehead atoms. The Morgan fingerprint density at radius 1 is 1.19 bits per heavy atom. The predicted octanol–water partition coefficient (Wildman–Crippen LogP) is 3.86. The van der Waals surface area contributed by atoms with Crippen LogP contribution in [0, 0.1) is 0 Å². The highest BCUT2D eigenvalue weighted by atomic mass is 16.3. The summed E-state index contributed by atoms with van der Waals surface area (Å²) >= 11 is 0. The van der Waals surface area contributed by atoms with Crippen molar-refractivity contribution in [2.45, 2.75) is 31.5 Å². The lowest BCUT2D eigenvalue weighted by Crippen LogP contribution is -2.63. The van der Waals surface area contributed by atoms with E-state index in [1.165, 1.54) is 0 Å². The van der Waals surface area contributed by atoms with Crippen LogP contribution in [-0.4, -0.2) is 40.4 Å². The van der Waals surface area contributed by atoms with Gasteiger partial charge in [0.1, 0.15) is 17.1 Å². The normalized spacial score (nSPS) is 21.0. The lowest BCUT2D eigenvalue weighted by atomic mass is 9.85. The third kappa shape index (κ3) is 4.16. The molecule has 2 amide bonds. The van der Waals surface area contributed by atoms with E-state index in [0.717, 1.165) is 41.5 Å². The maximum absolute atomic E-state index is 12.9. The third-order valence-electron chi connectivity index (χ3n) is 5.91. The zero-order valence-corrected chi connectivity index (χ0v) is 17.8. The highest BCUT2D eigenvalue weighted by Crippen LogP contribution is 2.35. The maximum atomic E-state index is 12.9. The van der Waals surface area contributed by atoms with Gasteiger partial charge in [0.05, 0.1) is 31.6 Å². The molecule has 8 heteroatoms. The van der Waals surface area contributed by atoms with Crippen LogP contribution < -0.4 is 16.0 Å². The van der Waals surface area contributed by atoms with Gasteiger partial charge in [0.2, 0.25) is 0 Å². The fourth-order valence-corrected chi connectivity index (χ4v) is 4.31. The Bertz CT molecular complexity index is 1100. The number of hydrogen-bond acceptors (Lipinski definition) is 5. The van der Waals surface area contributed by atoms with Crippen molar-refractivity contribution in [2.24, 2.45) is 4.99 Å². The number of nitrogens with zero attached hydrogens (tertiary/aromatic N) is 3. The molecule has 164 valence electrons. The monoisotopic (exact) mass is 430 g/mol. The summed E-state index contributed by atoms with van der Waals surface area (Å²) in [5.41, 5.74) is 1.56. The average molecular weight is 431 g/mol. The van der Waals surface area contributed by atoms with Crippen LogP contribution in [0.1, 0.15) is 24.2 Å². The van der Waals surface area contributed by atoms with E-state index in [1.54, 1.807) is 12.5 Å². The largest absolute Gasteiger partial charge is 0.467 e. The number of fused-ring (bicyclic) bond motifs is 1. The topological polar surface area (TPSA) is 94.8 Å². The van der Waals surface area contributed by atoms with Crippen LogP contribution in [0.2, 0.25) is 0 Å². The van der Waals surface area contributed by atoms with Crippen LogP contribution >= 0.6 is 0 Å². The standard InChI is InChI=1S/C24H26N6O2/c31-23(27-16-19-9-5-14-32-19)30-13-6-11-24(17-30)22(26-15-18-7-2-1-3-8-18)28-21-20(29-24)10-4-12-25-21/h1-5,7-10,12,14,29H,6,11,13,15-17H2,(H,27,31)(H,25,26,28)/t24-/m1/s1. The van der Waals surface area contributed by atoms with Gasteiger partial charge in [0, 0.05) is 12.7 Å². The van der Waals surface area contributed by atoms with E-state index in [4.69, 9.17) is 9.41 Å². The molecule has 2 aliphatic heterocycles. The van der Waals surface area contributed by atoms with Crippen molar-refractivity contribution in [1.82, 2.24) is 15.2 Å². The van der Waals surface area contributed by atoms with E-state index in [2.05, 4.69) is 33.1 Å². The van der Waals surface area contributed by atoms with Crippen molar-refractivity contribution >= 4 is 23.4 Å². The first-order valence-electron chi connectivity index (χ1n) is 10.9. The van der Waals surface area contributed by atoms with Gasteiger partial charge in [-0.25, -0.2) is 9.78 Å². The molecular weight excluding hydrogens is 404 g/mol. The fraction of sp³-hybridized carbons (Fsp3) is 0.292. The number of amidine groups is 1. The highest BCUT2D eigenvalue weighted by molar-refractivity contribution is 6.09. The van der Waals surface area contributed by atoms with Crippen molar-refractivity contribution in [3.8, 4) is 0 Å². The number of amides is 2. The third-order valence-corrected chi connectivity index (χ3v) is 5.91. The number of hydrogen-bond donors (Lipinski definition) is 3. The number of carbonyl (C=O) groups excluding carboxylic acids is 1. The lowest BCUT2D eigenvalue weighted by molar-refractivity contribution is 0.173. The molecular formula is C24H26N6O2. The molecule has 0 saturated carbocycles. The first-order chi connectivity index (χ1) is 15.7. The molecule has 0 unspecified atom stereocenters. The molecule has 8 nitrogen and oxygen atoms in total. The molecule has 3 aromatic rings. The second kappa shape index (κ2) is 8.74. The van der Waals surface area contributed by atoms with Crippen LogP contribution in [0.5, 0.6) is 0 Å². The number of urea groups is 1. The molecule has 1 fully saturated rings. The van der Waals surface area contributed by atoms with Gasteiger partial charge < -0.3 is 25.3 Å². The van der Waals surface area contributed by atoms with E-state index in [1.807, 2.05) is 47.4 Å². The second-order valence-corrected chi connectivity index (χ2v) is 8.15. The molecule has 0 aliphatic carbocycles. The Hall–Kier alpha value is -3.81.